The Labute approximate surface area is 169 Å². The van der Waals surface area contributed by atoms with Crippen molar-refractivity contribution in [1.82, 2.24) is 9.78 Å². The highest BCUT2D eigenvalue weighted by Crippen LogP contribution is 2.38. The molecule has 0 aliphatic rings. The fourth-order valence-corrected chi connectivity index (χ4v) is 4.18. The fraction of sp³-hybridized carbons (Fsp3) is 0.105. The zero-order valence-corrected chi connectivity index (χ0v) is 16.7. The number of hydrogen-bond donors (Lipinski definition) is 0. The normalized spacial score (nSPS) is 12.4. The van der Waals surface area contributed by atoms with E-state index in [1.165, 1.54) is 35.0 Å². The van der Waals surface area contributed by atoms with Crippen LogP contribution in [0.3, 0.4) is 0 Å². The van der Waals surface area contributed by atoms with Gasteiger partial charge in [-0.15, -0.1) is 0 Å². The number of aromatic nitrogens is 2. The summed E-state index contributed by atoms with van der Waals surface area (Å²) in [5.74, 6) is 0. The molecule has 4 rings (SSSR count). The zero-order valence-electron chi connectivity index (χ0n) is 14.3. The van der Waals surface area contributed by atoms with Crippen LogP contribution in [0.1, 0.15) is 12.1 Å². The SMILES string of the molecule is CS(=O)(=O)c1ccc(-n2nc(C(F)F)c3ccc4c(Cl)c(Cl)ccc4c32)cc1. The van der Waals surface area contributed by atoms with Gasteiger partial charge < -0.3 is 0 Å². The van der Waals surface area contributed by atoms with Crippen molar-refractivity contribution in [3.63, 3.8) is 0 Å². The van der Waals surface area contributed by atoms with Gasteiger partial charge in [0.15, 0.2) is 9.84 Å². The first-order valence-corrected chi connectivity index (χ1v) is 10.7. The predicted molar refractivity (Wildman–Crippen MR) is 107 cm³/mol. The maximum Gasteiger partial charge on any atom is 0.282 e. The van der Waals surface area contributed by atoms with Gasteiger partial charge in [0.25, 0.3) is 6.43 Å². The van der Waals surface area contributed by atoms with Crippen molar-refractivity contribution < 1.29 is 17.2 Å². The minimum absolute atomic E-state index is 0.126. The standard InChI is InChI=1S/C19H12Cl2F2N2O2S/c1-28(26,27)11-4-2-10(3-5-11)25-18-13-8-9-15(20)16(21)12(13)6-7-14(18)17(24-25)19(22)23/h2-9,19H,1H3. The number of nitrogens with zero attached hydrogens (tertiary/aromatic N) is 2. The van der Waals surface area contributed by atoms with Crippen molar-refractivity contribution >= 4 is 54.7 Å². The highest BCUT2D eigenvalue weighted by molar-refractivity contribution is 7.90. The molecule has 9 heteroatoms. The lowest BCUT2D eigenvalue weighted by Gasteiger charge is -2.09. The molecule has 28 heavy (non-hydrogen) atoms. The molecule has 0 saturated heterocycles. The molecular formula is C19H12Cl2F2N2O2S. The third-order valence-electron chi connectivity index (χ3n) is 4.47. The van der Waals surface area contributed by atoms with Crippen LogP contribution >= 0.6 is 23.2 Å². The van der Waals surface area contributed by atoms with E-state index in [9.17, 15) is 17.2 Å². The molecule has 0 atom stereocenters. The average Bonchev–Trinajstić information content (AvgIpc) is 3.04. The van der Waals surface area contributed by atoms with E-state index in [-0.39, 0.29) is 16.0 Å². The summed E-state index contributed by atoms with van der Waals surface area (Å²) in [6, 6.07) is 12.3. The van der Waals surface area contributed by atoms with Crippen molar-refractivity contribution in [2.45, 2.75) is 11.3 Å². The molecule has 0 spiro atoms. The second-order valence-corrected chi connectivity index (χ2v) is 9.08. The zero-order chi connectivity index (χ0) is 20.2. The summed E-state index contributed by atoms with van der Waals surface area (Å²) in [7, 11) is -3.38. The molecule has 1 heterocycles. The molecule has 4 nitrogen and oxygen atoms in total. The molecule has 0 amide bonds. The van der Waals surface area contributed by atoms with Gasteiger partial charge in [0.1, 0.15) is 5.69 Å². The van der Waals surface area contributed by atoms with Crippen LogP contribution in [0.5, 0.6) is 0 Å². The van der Waals surface area contributed by atoms with Gasteiger partial charge in [-0.3, -0.25) is 0 Å². The first-order chi connectivity index (χ1) is 13.2. The van der Waals surface area contributed by atoms with Gasteiger partial charge >= 0.3 is 0 Å². The maximum atomic E-state index is 13.6. The fourth-order valence-electron chi connectivity index (χ4n) is 3.16. The Morgan fingerprint density at radius 3 is 2.14 bits per heavy atom. The summed E-state index contributed by atoms with van der Waals surface area (Å²) in [4.78, 5) is 0.126. The molecule has 4 aromatic rings. The Balaban J connectivity index is 2.07. The monoisotopic (exact) mass is 440 g/mol. The minimum atomic E-state index is -3.38. The van der Waals surface area contributed by atoms with E-state index >= 15 is 0 Å². The van der Waals surface area contributed by atoms with Crippen molar-refractivity contribution in [2.75, 3.05) is 6.26 Å². The van der Waals surface area contributed by atoms with Crippen LogP contribution in [0.15, 0.2) is 53.4 Å². The van der Waals surface area contributed by atoms with E-state index in [4.69, 9.17) is 23.2 Å². The first-order valence-electron chi connectivity index (χ1n) is 8.06. The van der Waals surface area contributed by atoms with E-state index in [2.05, 4.69) is 5.10 Å². The van der Waals surface area contributed by atoms with Crippen LogP contribution in [0.4, 0.5) is 8.78 Å². The van der Waals surface area contributed by atoms with Crippen LogP contribution < -0.4 is 0 Å². The van der Waals surface area contributed by atoms with Gasteiger partial charge in [0, 0.05) is 22.4 Å². The molecule has 144 valence electrons. The van der Waals surface area contributed by atoms with E-state index in [1.54, 1.807) is 18.2 Å². The Morgan fingerprint density at radius 2 is 1.54 bits per heavy atom. The van der Waals surface area contributed by atoms with E-state index < -0.39 is 16.3 Å². The predicted octanol–water partition coefficient (Wildman–Crippen LogP) is 5.83. The third-order valence-corrected chi connectivity index (χ3v) is 6.42. The number of rotatable bonds is 3. The van der Waals surface area contributed by atoms with E-state index in [0.29, 0.717) is 32.0 Å². The van der Waals surface area contributed by atoms with Gasteiger partial charge in [-0.05, 0) is 36.4 Å². The number of hydrogen-bond acceptors (Lipinski definition) is 3. The van der Waals surface area contributed by atoms with Crippen LogP contribution in [0.25, 0.3) is 27.4 Å². The molecule has 0 saturated carbocycles. The van der Waals surface area contributed by atoms with Crippen LogP contribution in [-0.2, 0) is 9.84 Å². The lowest BCUT2D eigenvalue weighted by molar-refractivity contribution is 0.147. The van der Waals surface area contributed by atoms with Gasteiger partial charge in [-0.1, -0.05) is 35.3 Å². The third kappa shape index (κ3) is 3.03. The van der Waals surface area contributed by atoms with Crippen LogP contribution in [-0.4, -0.2) is 24.5 Å². The molecule has 0 unspecified atom stereocenters. The Hall–Kier alpha value is -2.22. The number of alkyl halides is 2. The van der Waals surface area contributed by atoms with Crippen molar-refractivity contribution in [3.05, 3.63) is 64.3 Å². The topological polar surface area (TPSA) is 52.0 Å². The minimum Gasteiger partial charge on any atom is -0.232 e. The lowest BCUT2D eigenvalue weighted by Crippen LogP contribution is -2.00. The molecule has 0 fully saturated rings. The number of fused-ring (bicyclic) bond motifs is 3. The van der Waals surface area contributed by atoms with Crippen molar-refractivity contribution in [1.29, 1.82) is 0 Å². The average molecular weight is 441 g/mol. The lowest BCUT2D eigenvalue weighted by atomic mass is 10.1. The summed E-state index contributed by atoms with van der Waals surface area (Å²) in [5, 5.41) is 6.27. The molecule has 0 N–H and O–H groups in total. The molecular weight excluding hydrogens is 429 g/mol. The number of benzene rings is 3. The van der Waals surface area contributed by atoms with E-state index in [0.717, 1.165) is 6.26 Å². The summed E-state index contributed by atoms with van der Waals surface area (Å²) in [5.41, 5.74) is 0.525. The molecule has 1 aromatic heterocycles. The highest BCUT2D eigenvalue weighted by atomic mass is 35.5. The largest absolute Gasteiger partial charge is 0.282 e. The Kier molecular flexibility index (Phi) is 4.56. The Morgan fingerprint density at radius 1 is 0.929 bits per heavy atom. The molecule has 0 aliphatic heterocycles. The second kappa shape index (κ2) is 6.69. The van der Waals surface area contributed by atoms with Gasteiger partial charge in [0.2, 0.25) is 0 Å². The number of sulfone groups is 1. The smallest absolute Gasteiger partial charge is 0.232 e. The van der Waals surface area contributed by atoms with Gasteiger partial charge in [-0.2, -0.15) is 5.10 Å². The molecule has 3 aromatic carbocycles. The summed E-state index contributed by atoms with van der Waals surface area (Å²) in [6.45, 7) is 0. The summed E-state index contributed by atoms with van der Waals surface area (Å²) in [6.07, 6.45) is -1.68. The molecule has 0 aliphatic carbocycles. The van der Waals surface area contributed by atoms with Crippen LogP contribution in [0.2, 0.25) is 10.0 Å². The Bertz CT molecular complexity index is 1330. The summed E-state index contributed by atoms with van der Waals surface area (Å²) >= 11 is 12.4. The number of halogens is 4. The molecule has 0 radical (unpaired) electrons. The maximum absolute atomic E-state index is 13.6. The summed E-state index contributed by atoms with van der Waals surface area (Å²) < 4.78 is 51.9. The van der Waals surface area contributed by atoms with E-state index in [1.807, 2.05) is 0 Å². The van der Waals surface area contributed by atoms with Crippen molar-refractivity contribution in [3.8, 4) is 5.69 Å². The van der Waals surface area contributed by atoms with Gasteiger partial charge in [0.05, 0.1) is 26.1 Å². The van der Waals surface area contributed by atoms with Crippen molar-refractivity contribution in [2.24, 2.45) is 0 Å². The first kappa shape index (κ1) is 19.1. The van der Waals surface area contributed by atoms with Gasteiger partial charge in [-0.25, -0.2) is 21.9 Å². The molecule has 0 bridgehead atoms. The highest BCUT2D eigenvalue weighted by Gasteiger charge is 2.22. The quantitative estimate of drug-likeness (QED) is 0.402. The second-order valence-electron chi connectivity index (χ2n) is 6.28. The van der Waals surface area contributed by atoms with Crippen LogP contribution in [0, 0.1) is 0 Å².